The molecule has 1 aromatic carbocycles. The molecule has 1 amide bonds. The van der Waals surface area contributed by atoms with Crippen LogP contribution in [0.3, 0.4) is 0 Å². The highest BCUT2D eigenvalue weighted by molar-refractivity contribution is 7.98. The van der Waals surface area contributed by atoms with Crippen LogP contribution in [0.15, 0.2) is 53.9 Å². The van der Waals surface area contributed by atoms with Gasteiger partial charge >= 0.3 is 0 Å². The van der Waals surface area contributed by atoms with Crippen LogP contribution in [-0.2, 0) is 13.2 Å². The number of ether oxygens (including phenoxy) is 1. The normalized spacial score (nSPS) is 10.5. The smallest absolute Gasteiger partial charge is 0.258 e. The summed E-state index contributed by atoms with van der Waals surface area (Å²) >= 11 is 1.40. The van der Waals surface area contributed by atoms with E-state index in [0.29, 0.717) is 23.9 Å². The Morgan fingerprint density at radius 1 is 1.14 bits per heavy atom. The second-order valence-electron chi connectivity index (χ2n) is 6.29. The minimum atomic E-state index is -0.298. The summed E-state index contributed by atoms with van der Waals surface area (Å²) in [4.78, 5) is 25.4. The first-order valence-corrected chi connectivity index (χ1v) is 10.1. The molecule has 0 spiro atoms. The predicted octanol–water partition coefficient (Wildman–Crippen LogP) is 3.72. The molecule has 0 unspecified atom stereocenters. The number of pyridine rings is 1. The molecular weight excluding hydrogens is 372 g/mol. The summed E-state index contributed by atoms with van der Waals surface area (Å²) in [6, 6.07) is 11.7. The third-order valence-corrected chi connectivity index (χ3v) is 4.82. The second kappa shape index (κ2) is 9.32. The molecule has 0 radical (unpaired) electrons. The average molecular weight is 395 g/mol. The molecule has 0 fully saturated rings. The standard InChI is InChI=1S/C21H22N4O2S/c1-14-7-8-16(10-15(14)2)13-27-20-18(12-24-21(25-20)28-3)19(26)23-11-17-6-4-5-9-22-17/h4-10,12H,11,13H2,1-3H3,(H,23,26). The number of nitrogens with one attached hydrogen (secondary N) is 1. The molecule has 3 aromatic rings. The number of hydrogen-bond donors (Lipinski definition) is 1. The van der Waals surface area contributed by atoms with Crippen molar-refractivity contribution in [2.75, 3.05) is 6.26 Å². The van der Waals surface area contributed by atoms with Gasteiger partial charge in [0.2, 0.25) is 5.88 Å². The minimum absolute atomic E-state index is 0.274. The van der Waals surface area contributed by atoms with Gasteiger partial charge in [-0.1, -0.05) is 36.0 Å². The Morgan fingerprint density at radius 3 is 2.71 bits per heavy atom. The first kappa shape index (κ1) is 19.8. The summed E-state index contributed by atoms with van der Waals surface area (Å²) in [6.07, 6.45) is 5.07. The molecule has 1 N–H and O–H groups in total. The fourth-order valence-electron chi connectivity index (χ4n) is 2.53. The van der Waals surface area contributed by atoms with Crippen molar-refractivity contribution < 1.29 is 9.53 Å². The van der Waals surface area contributed by atoms with Gasteiger partial charge in [0.1, 0.15) is 12.2 Å². The molecule has 2 heterocycles. The number of amides is 1. The summed E-state index contributed by atoms with van der Waals surface area (Å²) in [6.45, 7) is 4.78. The van der Waals surface area contributed by atoms with Gasteiger partial charge in [0.25, 0.3) is 5.91 Å². The summed E-state index contributed by atoms with van der Waals surface area (Å²) in [5.41, 5.74) is 4.52. The van der Waals surface area contributed by atoms with E-state index in [2.05, 4.69) is 46.2 Å². The van der Waals surface area contributed by atoms with Crippen LogP contribution in [0.4, 0.5) is 0 Å². The zero-order valence-corrected chi connectivity index (χ0v) is 16.9. The number of thioether (sulfide) groups is 1. The molecule has 6 nitrogen and oxygen atoms in total. The largest absolute Gasteiger partial charge is 0.472 e. The number of rotatable bonds is 7. The van der Waals surface area contributed by atoms with Gasteiger partial charge < -0.3 is 10.1 Å². The highest BCUT2D eigenvalue weighted by Gasteiger charge is 2.16. The Bertz CT molecular complexity index is 964. The first-order chi connectivity index (χ1) is 13.6. The number of aryl methyl sites for hydroxylation is 2. The molecule has 0 aliphatic heterocycles. The molecule has 0 aliphatic rings. The third kappa shape index (κ3) is 5.07. The van der Waals surface area contributed by atoms with Crippen LogP contribution in [0.5, 0.6) is 5.88 Å². The SMILES string of the molecule is CSc1ncc(C(=O)NCc2ccccn2)c(OCc2ccc(C)c(C)c2)n1. The lowest BCUT2D eigenvalue weighted by Gasteiger charge is -2.12. The van der Waals surface area contributed by atoms with Crippen molar-refractivity contribution in [2.24, 2.45) is 0 Å². The van der Waals surface area contributed by atoms with Gasteiger partial charge in [-0.2, -0.15) is 4.98 Å². The Kier molecular flexibility index (Phi) is 6.60. The fourth-order valence-corrected chi connectivity index (χ4v) is 2.86. The van der Waals surface area contributed by atoms with Crippen LogP contribution in [-0.4, -0.2) is 27.1 Å². The van der Waals surface area contributed by atoms with Crippen molar-refractivity contribution in [1.82, 2.24) is 20.3 Å². The second-order valence-corrected chi connectivity index (χ2v) is 7.06. The summed E-state index contributed by atoms with van der Waals surface area (Å²) < 4.78 is 5.89. The van der Waals surface area contributed by atoms with Crippen molar-refractivity contribution in [1.29, 1.82) is 0 Å². The van der Waals surface area contributed by atoms with E-state index < -0.39 is 0 Å². The third-order valence-electron chi connectivity index (χ3n) is 4.26. The molecule has 144 valence electrons. The van der Waals surface area contributed by atoms with Crippen molar-refractivity contribution >= 4 is 17.7 Å². The average Bonchev–Trinajstić information content (AvgIpc) is 2.73. The number of benzene rings is 1. The van der Waals surface area contributed by atoms with Crippen molar-refractivity contribution in [3.05, 3.63) is 76.7 Å². The van der Waals surface area contributed by atoms with Gasteiger partial charge in [-0.25, -0.2) is 4.98 Å². The molecule has 0 saturated carbocycles. The van der Waals surface area contributed by atoms with E-state index in [1.807, 2.05) is 30.5 Å². The van der Waals surface area contributed by atoms with Gasteiger partial charge in [0.15, 0.2) is 5.16 Å². The lowest BCUT2D eigenvalue weighted by molar-refractivity contribution is 0.0944. The fraction of sp³-hybridized carbons (Fsp3) is 0.238. The Hall–Kier alpha value is -2.93. The maximum Gasteiger partial charge on any atom is 0.258 e. The molecule has 28 heavy (non-hydrogen) atoms. The first-order valence-electron chi connectivity index (χ1n) is 8.85. The number of hydrogen-bond acceptors (Lipinski definition) is 6. The number of carbonyl (C=O) groups is 1. The highest BCUT2D eigenvalue weighted by Crippen LogP contribution is 2.21. The van der Waals surface area contributed by atoms with E-state index in [0.717, 1.165) is 11.3 Å². The molecule has 0 bridgehead atoms. The van der Waals surface area contributed by atoms with E-state index in [-0.39, 0.29) is 11.8 Å². The van der Waals surface area contributed by atoms with Gasteiger partial charge in [0, 0.05) is 12.4 Å². The maximum atomic E-state index is 12.6. The zero-order chi connectivity index (χ0) is 19.9. The molecule has 2 aromatic heterocycles. The van der Waals surface area contributed by atoms with Gasteiger partial charge in [-0.05, 0) is 48.9 Å². The van der Waals surface area contributed by atoms with Gasteiger partial charge in [-0.15, -0.1) is 0 Å². The van der Waals surface area contributed by atoms with Crippen LogP contribution >= 0.6 is 11.8 Å². The van der Waals surface area contributed by atoms with Crippen molar-refractivity contribution in [2.45, 2.75) is 32.2 Å². The molecular formula is C21H22N4O2S. The van der Waals surface area contributed by atoms with Crippen LogP contribution in [0.2, 0.25) is 0 Å². The predicted molar refractivity (Wildman–Crippen MR) is 109 cm³/mol. The van der Waals surface area contributed by atoms with E-state index >= 15 is 0 Å². The summed E-state index contributed by atoms with van der Waals surface area (Å²) in [5.74, 6) is -0.0236. The molecule has 0 aliphatic carbocycles. The van der Waals surface area contributed by atoms with Crippen LogP contribution in [0.1, 0.15) is 32.7 Å². The van der Waals surface area contributed by atoms with Crippen LogP contribution in [0.25, 0.3) is 0 Å². The van der Waals surface area contributed by atoms with E-state index in [1.54, 1.807) is 6.20 Å². The Balaban J connectivity index is 1.75. The summed E-state index contributed by atoms with van der Waals surface area (Å²) in [5, 5.41) is 3.39. The molecule has 0 saturated heterocycles. The molecule has 0 atom stereocenters. The molecule has 7 heteroatoms. The number of carbonyl (C=O) groups excluding carboxylic acids is 1. The van der Waals surface area contributed by atoms with Gasteiger partial charge in [0.05, 0.1) is 12.2 Å². The summed E-state index contributed by atoms with van der Waals surface area (Å²) in [7, 11) is 0. The zero-order valence-electron chi connectivity index (χ0n) is 16.1. The van der Waals surface area contributed by atoms with E-state index in [1.165, 1.54) is 29.1 Å². The Morgan fingerprint density at radius 2 is 2.00 bits per heavy atom. The lowest BCUT2D eigenvalue weighted by Crippen LogP contribution is -2.24. The molecule has 3 rings (SSSR count). The quantitative estimate of drug-likeness (QED) is 0.486. The topological polar surface area (TPSA) is 77.0 Å². The Labute approximate surface area is 168 Å². The monoisotopic (exact) mass is 394 g/mol. The van der Waals surface area contributed by atoms with Crippen LogP contribution in [0, 0.1) is 13.8 Å². The van der Waals surface area contributed by atoms with Crippen molar-refractivity contribution in [3.8, 4) is 5.88 Å². The minimum Gasteiger partial charge on any atom is -0.472 e. The van der Waals surface area contributed by atoms with Crippen molar-refractivity contribution in [3.63, 3.8) is 0 Å². The van der Waals surface area contributed by atoms with Crippen LogP contribution < -0.4 is 10.1 Å². The van der Waals surface area contributed by atoms with Gasteiger partial charge in [-0.3, -0.25) is 9.78 Å². The van der Waals surface area contributed by atoms with E-state index in [4.69, 9.17) is 4.74 Å². The lowest BCUT2D eigenvalue weighted by atomic mass is 10.1. The maximum absolute atomic E-state index is 12.6. The number of aromatic nitrogens is 3. The number of nitrogens with zero attached hydrogens (tertiary/aromatic N) is 3. The highest BCUT2D eigenvalue weighted by atomic mass is 32.2. The van der Waals surface area contributed by atoms with E-state index in [9.17, 15) is 4.79 Å².